The van der Waals surface area contributed by atoms with Crippen LogP contribution >= 0.6 is 11.3 Å². The number of halogens is 1. The first-order chi connectivity index (χ1) is 9.35. The summed E-state index contributed by atoms with van der Waals surface area (Å²) in [6, 6.07) is 4.47. The van der Waals surface area contributed by atoms with Gasteiger partial charge in [0.1, 0.15) is 0 Å². The quantitative estimate of drug-likeness (QED) is 0.783. The summed E-state index contributed by atoms with van der Waals surface area (Å²) in [5.41, 5.74) is 0.236. The molecule has 3 heteroatoms. The minimum absolute atomic E-state index is 0.124. The highest BCUT2D eigenvalue weighted by Gasteiger charge is 2.42. The first-order valence-electron chi connectivity index (χ1n) is 7.70. The van der Waals surface area contributed by atoms with E-state index in [1.807, 2.05) is 11.3 Å². The van der Waals surface area contributed by atoms with Crippen LogP contribution in [0.3, 0.4) is 0 Å². The molecule has 0 amide bonds. The third kappa shape index (κ3) is 2.59. The number of hydrogen-bond donors (Lipinski definition) is 0. The molecule has 0 N–H and O–H groups in total. The van der Waals surface area contributed by atoms with Crippen LogP contribution in [0, 0.1) is 5.92 Å². The number of thiophene rings is 1. The molecule has 1 aliphatic carbocycles. The molecule has 19 heavy (non-hydrogen) atoms. The van der Waals surface area contributed by atoms with E-state index < -0.39 is 0 Å². The third-order valence-corrected chi connectivity index (χ3v) is 6.15. The maximum atomic E-state index is 12.9. The third-order valence-electron chi connectivity index (χ3n) is 5.09. The van der Waals surface area contributed by atoms with Crippen molar-refractivity contribution in [2.24, 2.45) is 5.92 Å². The molecular formula is C16H24FNS. The van der Waals surface area contributed by atoms with Crippen molar-refractivity contribution in [3.63, 3.8) is 0 Å². The summed E-state index contributed by atoms with van der Waals surface area (Å²) >= 11 is 1.90. The lowest BCUT2D eigenvalue weighted by Gasteiger charge is -2.49. The summed E-state index contributed by atoms with van der Waals surface area (Å²) in [5, 5.41) is 2.20. The van der Waals surface area contributed by atoms with Gasteiger partial charge in [0.25, 0.3) is 0 Å². The Labute approximate surface area is 119 Å². The summed E-state index contributed by atoms with van der Waals surface area (Å²) < 4.78 is 12.9. The number of rotatable bonds is 3. The summed E-state index contributed by atoms with van der Waals surface area (Å²) in [6.07, 6.45) is 8.48. The highest BCUT2D eigenvalue weighted by Crippen LogP contribution is 2.46. The standard InChI is InChI=1S/C16H24FNS/c17-13-14-6-8-16(9-7-14,15-5-4-12-19-15)18-10-2-1-3-11-18/h4-5,12,14H,1-3,6-11,13H2/i17-1. The molecule has 1 saturated carbocycles. The molecule has 0 bridgehead atoms. The van der Waals surface area contributed by atoms with E-state index in [2.05, 4.69) is 22.4 Å². The van der Waals surface area contributed by atoms with Gasteiger partial charge in [-0.25, -0.2) is 0 Å². The van der Waals surface area contributed by atoms with Crippen molar-refractivity contribution in [1.82, 2.24) is 4.90 Å². The van der Waals surface area contributed by atoms with Crippen LogP contribution in [0.2, 0.25) is 0 Å². The number of hydrogen-bond acceptors (Lipinski definition) is 2. The summed E-state index contributed by atoms with van der Waals surface area (Å²) in [6.45, 7) is 2.34. The van der Waals surface area contributed by atoms with E-state index in [-0.39, 0.29) is 12.2 Å². The van der Waals surface area contributed by atoms with Crippen LogP contribution in [-0.4, -0.2) is 24.7 Å². The average Bonchev–Trinajstić information content (AvgIpc) is 3.03. The maximum absolute atomic E-state index is 12.9. The molecule has 1 saturated heterocycles. The minimum Gasteiger partial charge on any atom is -0.293 e. The molecule has 0 spiro atoms. The average molecular weight is 280 g/mol. The second-order valence-electron chi connectivity index (χ2n) is 6.15. The molecule has 0 aromatic carbocycles. The van der Waals surface area contributed by atoms with Crippen molar-refractivity contribution in [3.05, 3.63) is 22.4 Å². The van der Waals surface area contributed by atoms with E-state index in [4.69, 9.17) is 0 Å². The van der Waals surface area contributed by atoms with Gasteiger partial charge in [0.05, 0.1) is 12.2 Å². The van der Waals surface area contributed by atoms with Crippen LogP contribution in [-0.2, 0) is 5.54 Å². The van der Waals surface area contributed by atoms with E-state index in [0.717, 1.165) is 25.7 Å². The number of alkyl halides is 1. The van der Waals surface area contributed by atoms with Crippen LogP contribution in [0.4, 0.5) is 4.39 Å². The fourth-order valence-corrected chi connectivity index (χ4v) is 4.91. The zero-order valence-corrected chi connectivity index (χ0v) is 12.4. The lowest BCUT2D eigenvalue weighted by atomic mass is 9.74. The molecule has 1 aromatic rings. The Hall–Kier alpha value is -0.410. The van der Waals surface area contributed by atoms with Crippen LogP contribution < -0.4 is 0 Å². The monoisotopic (exact) mass is 280 g/mol. The molecule has 0 radical (unpaired) electrons. The summed E-state index contributed by atoms with van der Waals surface area (Å²) in [4.78, 5) is 4.24. The molecule has 1 aliphatic heterocycles. The van der Waals surface area contributed by atoms with Gasteiger partial charge in [-0.05, 0) is 69.0 Å². The Morgan fingerprint density at radius 3 is 2.53 bits per heavy atom. The van der Waals surface area contributed by atoms with Crippen LogP contribution in [0.1, 0.15) is 49.8 Å². The topological polar surface area (TPSA) is 3.24 Å². The summed E-state index contributed by atoms with van der Waals surface area (Å²) in [7, 11) is 0. The predicted octanol–water partition coefficient (Wildman–Crippen LogP) is 4.59. The normalized spacial score (nSPS) is 33.4. The Kier molecular flexibility index (Phi) is 4.23. The molecule has 0 atom stereocenters. The van der Waals surface area contributed by atoms with Gasteiger partial charge in [-0.15, -0.1) is 11.3 Å². The molecule has 1 aromatic heterocycles. The van der Waals surface area contributed by atoms with Gasteiger partial charge >= 0.3 is 0 Å². The Balaban J connectivity index is 1.84. The molecule has 2 fully saturated rings. The highest BCUT2D eigenvalue weighted by atomic mass is 32.1. The van der Waals surface area contributed by atoms with E-state index >= 15 is 0 Å². The van der Waals surface area contributed by atoms with Gasteiger partial charge in [0, 0.05) is 4.88 Å². The number of nitrogens with zero attached hydrogens (tertiary/aromatic N) is 1. The van der Waals surface area contributed by atoms with Crippen molar-refractivity contribution < 1.29 is 4.39 Å². The van der Waals surface area contributed by atoms with Crippen LogP contribution in [0.15, 0.2) is 17.5 Å². The van der Waals surface area contributed by atoms with Gasteiger partial charge in [0.15, 0.2) is 0 Å². The van der Waals surface area contributed by atoms with Gasteiger partial charge < -0.3 is 0 Å². The molecular weight excluding hydrogens is 256 g/mol. The first kappa shape index (κ1) is 13.6. The highest BCUT2D eigenvalue weighted by molar-refractivity contribution is 7.10. The van der Waals surface area contributed by atoms with Crippen molar-refractivity contribution >= 4 is 11.3 Å². The smallest absolute Gasteiger partial charge is 0.0922 e. The van der Waals surface area contributed by atoms with Gasteiger partial charge in [-0.3, -0.25) is 9.29 Å². The first-order valence-corrected chi connectivity index (χ1v) is 8.58. The van der Waals surface area contributed by atoms with Crippen molar-refractivity contribution in [2.75, 3.05) is 19.8 Å². The van der Waals surface area contributed by atoms with Crippen LogP contribution in [0.25, 0.3) is 0 Å². The lowest BCUT2D eigenvalue weighted by molar-refractivity contribution is 0.0170. The molecule has 3 rings (SSSR count). The Morgan fingerprint density at radius 1 is 1.21 bits per heavy atom. The zero-order chi connectivity index (χ0) is 13.1. The summed E-state index contributed by atoms with van der Waals surface area (Å²) in [5.74, 6) is 0.317. The maximum Gasteiger partial charge on any atom is 0.0922 e. The van der Waals surface area contributed by atoms with E-state index in [1.54, 1.807) is 0 Å². The fourth-order valence-electron chi connectivity index (χ4n) is 3.89. The SMILES string of the molecule is [18F]CC1CCC(c2cccs2)(N2CCCCC2)CC1. The second-order valence-corrected chi connectivity index (χ2v) is 7.10. The van der Waals surface area contributed by atoms with Crippen molar-refractivity contribution in [1.29, 1.82) is 0 Å². The van der Waals surface area contributed by atoms with E-state index in [9.17, 15) is 4.39 Å². The Morgan fingerprint density at radius 2 is 1.95 bits per heavy atom. The largest absolute Gasteiger partial charge is 0.293 e. The molecule has 0 unspecified atom stereocenters. The lowest BCUT2D eigenvalue weighted by Crippen LogP contribution is -2.50. The van der Waals surface area contributed by atoms with Crippen molar-refractivity contribution in [2.45, 2.75) is 50.5 Å². The number of piperidine rings is 1. The minimum atomic E-state index is -0.124. The van der Waals surface area contributed by atoms with Gasteiger partial charge in [-0.1, -0.05) is 12.5 Å². The predicted molar refractivity (Wildman–Crippen MR) is 79.4 cm³/mol. The zero-order valence-electron chi connectivity index (χ0n) is 11.6. The second kappa shape index (κ2) is 5.92. The Bertz CT molecular complexity index is 375. The number of likely N-dealkylation sites (tertiary alicyclic amines) is 1. The molecule has 1 nitrogen and oxygen atoms in total. The van der Waals surface area contributed by atoms with Gasteiger partial charge in [-0.2, -0.15) is 0 Å². The van der Waals surface area contributed by atoms with E-state index in [1.165, 1.54) is 37.2 Å². The van der Waals surface area contributed by atoms with Crippen molar-refractivity contribution in [3.8, 4) is 0 Å². The molecule has 2 heterocycles. The fraction of sp³-hybridized carbons (Fsp3) is 0.750. The van der Waals surface area contributed by atoms with Gasteiger partial charge in [0.2, 0.25) is 0 Å². The van der Waals surface area contributed by atoms with Crippen LogP contribution in [0.5, 0.6) is 0 Å². The molecule has 106 valence electrons. The van der Waals surface area contributed by atoms with E-state index in [0.29, 0.717) is 5.92 Å². The molecule has 2 aliphatic rings.